The van der Waals surface area contributed by atoms with Gasteiger partial charge in [-0.2, -0.15) is 0 Å². The average molecular weight is 330 g/mol. The molecule has 1 aromatic carbocycles. The number of aliphatic hydroxyl groups excluding tert-OH is 2. The van der Waals surface area contributed by atoms with Gasteiger partial charge in [0.25, 0.3) is 0 Å². The Morgan fingerprint density at radius 1 is 1.38 bits per heavy atom. The molecular formula is C19H22O5. The molecule has 0 bridgehead atoms. The minimum absolute atomic E-state index is 0.0544. The predicted octanol–water partition coefficient (Wildman–Crippen LogP) is 1.17. The molecule has 2 fully saturated rings. The van der Waals surface area contributed by atoms with Crippen molar-refractivity contribution in [2.75, 3.05) is 13.7 Å². The van der Waals surface area contributed by atoms with E-state index >= 15 is 0 Å². The van der Waals surface area contributed by atoms with Crippen molar-refractivity contribution < 1.29 is 24.5 Å². The summed E-state index contributed by atoms with van der Waals surface area (Å²) in [7, 11) is 1.54. The molecule has 5 heteroatoms. The number of carbonyl (C=O) groups excluding carboxylic acids is 1. The van der Waals surface area contributed by atoms with Crippen molar-refractivity contribution in [2.24, 2.45) is 11.8 Å². The number of methoxy groups -OCH3 is 1. The van der Waals surface area contributed by atoms with Gasteiger partial charge in [-0.05, 0) is 25.0 Å². The largest absolute Gasteiger partial charge is 0.490 e. The van der Waals surface area contributed by atoms with Gasteiger partial charge in [0.15, 0.2) is 5.78 Å². The molecule has 0 radical (unpaired) electrons. The van der Waals surface area contributed by atoms with Crippen molar-refractivity contribution in [3.8, 4) is 17.6 Å². The van der Waals surface area contributed by atoms with Crippen LogP contribution in [0.25, 0.3) is 0 Å². The number of carbonyl (C=O) groups is 1. The Morgan fingerprint density at radius 2 is 2.12 bits per heavy atom. The molecule has 0 unspecified atom stereocenters. The van der Waals surface area contributed by atoms with E-state index in [4.69, 9.17) is 9.47 Å². The van der Waals surface area contributed by atoms with Gasteiger partial charge >= 0.3 is 0 Å². The van der Waals surface area contributed by atoms with Gasteiger partial charge in [-0.3, -0.25) is 4.79 Å². The van der Waals surface area contributed by atoms with Crippen molar-refractivity contribution in [2.45, 2.75) is 37.1 Å². The van der Waals surface area contributed by atoms with E-state index in [0.717, 1.165) is 0 Å². The zero-order chi connectivity index (χ0) is 17.2. The molecule has 24 heavy (non-hydrogen) atoms. The topological polar surface area (TPSA) is 76.0 Å². The number of rotatable bonds is 4. The van der Waals surface area contributed by atoms with E-state index in [9.17, 15) is 15.0 Å². The first kappa shape index (κ1) is 17.0. The SMILES string of the molecule is CO[C@@]12CC[C@H](O)[C@@H](C#C[C@@H](O)COc3ccccc3)[C@@H]1CC2=O. The van der Waals surface area contributed by atoms with Gasteiger partial charge in [0.05, 0.1) is 12.0 Å². The molecular weight excluding hydrogens is 308 g/mol. The Bertz CT molecular complexity index is 647. The molecule has 0 saturated heterocycles. The molecule has 0 amide bonds. The minimum atomic E-state index is -0.952. The maximum Gasteiger partial charge on any atom is 0.165 e. The lowest BCUT2D eigenvalue weighted by Gasteiger charge is -2.53. The Hall–Kier alpha value is -1.87. The van der Waals surface area contributed by atoms with Gasteiger partial charge in [0, 0.05) is 19.4 Å². The van der Waals surface area contributed by atoms with E-state index in [0.29, 0.717) is 25.0 Å². The van der Waals surface area contributed by atoms with Crippen LogP contribution in [-0.2, 0) is 9.53 Å². The fraction of sp³-hybridized carbons (Fsp3) is 0.526. The quantitative estimate of drug-likeness (QED) is 0.811. The molecule has 2 saturated carbocycles. The van der Waals surface area contributed by atoms with Crippen molar-refractivity contribution >= 4 is 5.78 Å². The number of benzene rings is 1. The summed E-state index contributed by atoms with van der Waals surface area (Å²) in [6.07, 6.45) is -0.160. The lowest BCUT2D eigenvalue weighted by Crippen LogP contribution is -2.64. The average Bonchev–Trinajstić information content (AvgIpc) is 2.60. The third-order valence-electron chi connectivity index (χ3n) is 5.07. The summed E-state index contributed by atoms with van der Waals surface area (Å²) in [4.78, 5) is 11.9. The van der Waals surface area contributed by atoms with Crippen molar-refractivity contribution in [3.63, 3.8) is 0 Å². The summed E-state index contributed by atoms with van der Waals surface area (Å²) in [5, 5.41) is 20.2. The van der Waals surface area contributed by atoms with E-state index in [-0.39, 0.29) is 24.2 Å². The second-order valence-electron chi connectivity index (χ2n) is 6.39. The number of para-hydroxylation sites is 1. The maximum absolute atomic E-state index is 11.9. The number of hydrogen-bond donors (Lipinski definition) is 2. The van der Waals surface area contributed by atoms with E-state index in [1.165, 1.54) is 7.11 Å². The van der Waals surface area contributed by atoms with Gasteiger partial charge in [0.1, 0.15) is 24.1 Å². The first-order valence-corrected chi connectivity index (χ1v) is 8.20. The van der Waals surface area contributed by atoms with Gasteiger partial charge in [0.2, 0.25) is 0 Å². The second kappa shape index (κ2) is 6.94. The summed E-state index contributed by atoms with van der Waals surface area (Å²) in [6, 6.07) is 9.19. The molecule has 5 nitrogen and oxygen atoms in total. The number of ketones is 1. The summed E-state index contributed by atoms with van der Waals surface area (Å²) < 4.78 is 10.9. The Balaban J connectivity index is 1.62. The van der Waals surface area contributed by atoms with E-state index in [1.807, 2.05) is 18.2 Å². The lowest BCUT2D eigenvalue weighted by atomic mass is 9.55. The van der Waals surface area contributed by atoms with E-state index < -0.39 is 17.8 Å². The van der Waals surface area contributed by atoms with E-state index in [1.54, 1.807) is 12.1 Å². The third kappa shape index (κ3) is 3.05. The fourth-order valence-corrected chi connectivity index (χ4v) is 3.65. The van der Waals surface area contributed by atoms with Crippen LogP contribution in [0.3, 0.4) is 0 Å². The standard InChI is InChI=1S/C19H22O5/c1-23-19-10-9-17(21)15(16(19)11-18(19)22)8-7-13(20)12-24-14-5-3-2-4-6-14/h2-6,13,15-17,20-21H,9-12H2,1H3/t13-,15+,16+,17+,19+/m1/s1. The summed E-state index contributed by atoms with van der Waals surface area (Å²) in [5.41, 5.74) is -0.788. The third-order valence-corrected chi connectivity index (χ3v) is 5.07. The molecule has 1 aromatic rings. The second-order valence-corrected chi connectivity index (χ2v) is 6.39. The van der Waals surface area contributed by atoms with E-state index in [2.05, 4.69) is 11.8 Å². The molecule has 2 N–H and O–H groups in total. The molecule has 2 aliphatic carbocycles. The van der Waals surface area contributed by atoms with Crippen molar-refractivity contribution in [1.82, 2.24) is 0 Å². The summed E-state index contributed by atoms with van der Waals surface area (Å²) >= 11 is 0. The Morgan fingerprint density at radius 3 is 2.79 bits per heavy atom. The number of aliphatic hydroxyl groups is 2. The van der Waals surface area contributed by atoms with Crippen LogP contribution < -0.4 is 4.74 Å². The lowest BCUT2D eigenvalue weighted by molar-refractivity contribution is -0.190. The Labute approximate surface area is 141 Å². The maximum atomic E-state index is 11.9. The molecule has 0 spiro atoms. The van der Waals surface area contributed by atoms with Gasteiger partial charge in [-0.15, -0.1) is 0 Å². The molecule has 0 aromatic heterocycles. The van der Waals surface area contributed by atoms with Crippen LogP contribution in [0.1, 0.15) is 19.3 Å². The van der Waals surface area contributed by atoms with Crippen LogP contribution in [0, 0.1) is 23.7 Å². The van der Waals surface area contributed by atoms with Gasteiger partial charge < -0.3 is 19.7 Å². The minimum Gasteiger partial charge on any atom is -0.490 e. The molecule has 5 atom stereocenters. The predicted molar refractivity (Wildman–Crippen MR) is 87.3 cm³/mol. The molecule has 2 aliphatic rings. The highest BCUT2D eigenvalue weighted by Crippen LogP contribution is 2.50. The highest BCUT2D eigenvalue weighted by Gasteiger charge is 2.61. The zero-order valence-corrected chi connectivity index (χ0v) is 13.6. The monoisotopic (exact) mass is 330 g/mol. The van der Waals surface area contributed by atoms with Crippen LogP contribution in [0.4, 0.5) is 0 Å². The summed E-state index contributed by atoms with van der Waals surface area (Å²) in [6.45, 7) is 0.0544. The highest BCUT2D eigenvalue weighted by atomic mass is 16.5. The fourth-order valence-electron chi connectivity index (χ4n) is 3.65. The van der Waals surface area contributed by atoms with Crippen LogP contribution in [0.5, 0.6) is 5.75 Å². The number of Topliss-reactive ketones (excluding diaryl/α,β-unsaturated/α-hetero) is 1. The van der Waals surface area contributed by atoms with Crippen LogP contribution >= 0.6 is 0 Å². The molecule has 128 valence electrons. The van der Waals surface area contributed by atoms with Crippen LogP contribution in [-0.4, -0.2) is 47.5 Å². The molecule has 0 aliphatic heterocycles. The molecule has 3 rings (SSSR count). The highest BCUT2D eigenvalue weighted by molar-refractivity contribution is 5.94. The molecule has 0 heterocycles. The normalized spacial score (nSPS) is 32.8. The van der Waals surface area contributed by atoms with Gasteiger partial charge in [-0.25, -0.2) is 0 Å². The number of ether oxygens (including phenoxy) is 2. The number of fused-ring (bicyclic) bond motifs is 1. The van der Waals surface area contributed by atoms with Crippen molar-refractivity contribution in [3.05, 3.63) is 30.3 Å². The summed E-state index contributed by atoms with van der Waals surface area (Å²) in [5.74, 6) is 5.99. The van der Waals surface area contributed by atoms with Gasteiger partial charge in [-0.1, -0.05) is 30.0 Å². The Kier molecular flexibility index (Phi) is 4.91. The van der Waals surface area contributed by atoms with Crippen LogP contribution in [0.2, 0.25) is 0 Å². The first-order valence-electron chi connectivity index (χ1n) is 8.20. The smallest absolute Gasteiger partial charge is 0.165 e. The van der Waals surface area contributed by atoms with Crippen LogP contribution in [0.15, 0.2) is 30.3 Å². The zero-order valence-electron chi connectivity index (χ0n) is 13.6. The van der Waals surface area contributed by atoms with Crippen molar-refractivity contribution in [1.29, 1.82) is 0 Å². The first-order chi connectivity index (χ1) is 11.6. The number of hydrogen-bond acceptors (Lipinski definition) is 5.